The molecule has 0 saturated carbocycles. The van der Waals surface area contributed by atoms with Crippen molar-refractivity contribution in [2.24, 2.45) is 0 Å². The molecule has 0 aliphatic carbocycles. The number of amides is 1. The summed E-state index contributed by atoms with van der Waals surface area (Å²) >= 11 is 0. The molecule has 3 fully saturated rings. The van der Waals surface area contributed by atoms with Gasteiger partial charge in [-0.3, -0.25) is 4.79 Å². The van der Waals surface area contributed by atoms with E-state index in [0.717, 1.165) is 12.8 Å². The molecule has 0 radical (unpaired) electrons. The largest absolute Gasteiger partial charge is 0.381 e. The minimum atomic E-state index is -3.46. The van der Waals surface area contributed by atoms with Gasteiger partial charge in [0.15, 0.2) is 0 Å². The lowest BCUT2D eigenvalue weighted by atomic mass is 10.0. The van der Waals surface area contributed by atoms with E-state index in [-0.39, 0.29) is 18.0 Å². The predicted molar refractivity (Wildman–Crippen MR) is 87.7 cm³/mol. The highest BCUT2D eigenvalue weighted by Crippen LogP contribution is 2.26. The van der Waals surface area contributed by atoms with E-state index in [1.165, 1.54) is 8.61 Å². The predicted octanol–water partition coefficient (Wildman–Crippen LogP) is -0.335. The third-order valence-corrected chi connectivity index (χ3v) is 7.09. The van der Waals surface area contributed by atoms with Crippen LogP contribution in [0, 0.1) is 0 Å². The van der Waals surface area contributed by atoms with Crippen LogP contribution in [0.3, 0.4) is 0 Å². The Morgan fingerprint density at radius 2 is 1.54 bits per heavy atom. The summed E-state index contributed by atoms with van der Waals surface area (Å²) in [6.07, 6.45) is 2.35. The summed E-state index contributed by atoms with van der Waals surface area (Å²) in [5, 5.41) is 0. The average molecular weight is 361 g/mol. The van der Waals surface area contributed by atoms with Crippen molar-refractivity contribution in [3.05, 3.63) is 0 Å². The van der Waals surface area contributed by atoms with E-state index in [1.54, 1.807) is 6.92 Å². The highest BCUT2D eigenvalue weighted by Gasteiger charge is 2.40. The number of carbonyl (C=O) groups excluding carboxylic acids is 1. The van der Waals surface area contributed by atoms with Crippen LogP contribution in [0.4, 0.5) is 0 Å². The Labute approximate surface area is 143 Å². The van der Waals surface area contributed by atoms with Crippen LogP contribution >= 0.6 is 0 Å². The molecule has 1 amide bonds. The van der Waals surface area contributed by atoms with Gasteiger partial charge in [-0.1, -0.05) is 0 Å². The number of nitrogens with zero attached hydrogens (tertiary/aromatic N) is 3. The Balaban J connectivity index is 1.67. The highest BCUT2D eigenvalue weighted by atomic mass is 32.2. The SMILES string of the molecule is CC(=O)N(C1CCOCC1)C1CCN(S(=O)(=O)N2CCOCC2)C1. The molecule has 3 aliphatic rings. The second kappa shape index (κ2) is 7.65. The number of ether oxygens (including phenoxy) is 2. The fraction of sp³-hybridized carbons (Fsp3) is 0.933. The van der Waals surface area contributed by atoms with Gasteiger partial charge in [-0.05, 0) is 19.3 Å². The monoisotopic (exact) mass is 361 g/mol. The Morgan fingerprint density at radius 1 is 0.917 bits per heavy atom. The summed E-state index contributed by atoms with van der Waals surface area (Å²) in [5.74, 6) is 0.0255. The van der Waals surface area contributed by atoms with Crippen LogP contribution in [0.5, 0.6) is 0 Å². The smallest absolute Gasteiger partial charge is 0.282 e. The molecule has 0 aromatic heterocycles. The first-order valence-electron chi connectivity index (χ1n) is 8.70. The zero-order chi connectivity index (χ0) is 17.2. The number of morpholine rings is 1. The van der Waals surface area contributed by atoms with Crippen LogP contribution in [0.2, 0.25) is 0 Å². The zero-order valence-corrected chi connectivity index (χ0v) is 15.0. The van der Waals surface area contributed by atoms with E-state index in [9.17, 15) is 13.2 Å². The second-order valence-electron chi connectivity index (χ2n) is 6.59. The summed E-state index contributed by atoms with van der Waals surface area (Å²) in [4.78, 5) is 14.1. The van der Waals surface area contributed by atoms with E-state index >= 15 is 0 Å². The van der Waals surface area contributed by atoms with Crippen LogP contribution in [0.15, 0.2) is 0 Å². The van der Waals surface area contributed by atoms with Crippen molar-refractivity contribution in [3.8, 4) is 0 Å². The van der Waals surface area contributed by atoms with Gasteiger partial charge in [-0.25, -0.2) is 0 Å². The Morgan fingerprint density at radius 3 is 2.17 bits per heavy atom. The Bertz CT molecular complexity index is 543. The molecule has 0 aromatic carbocycles. The average Bonchev–Trinajstić information content (AvgIpc) is 3.07. The molecule has 3 saturated heterocycles. The van der Waals surface area contributed by atoms with Crippen LogP contribution < -0.4 is 0 Å². The maximum Gasteiger partial charge on any atom is 0.282 e. The molecule has 138 valence electrons. The quantitative estimate of drug-likeness (QED) is 0.685. The summed E-state index contributed by atoms with van der Waals surface area (Å²) < 4.78 is 39.2. The summed E-state index contributed by atoms with van der Waals surface area (Å²) in [6, 6.07) is 0.119. The van der Waals surface area contributed by atoms with Gasteiger partial charge in [-0.15, -0.1) is 0 Å². The second-order valence-corrected chi connectivity index (χ2v) is 8.52. The van der Waals surface area contributed by atoms with E-state index in [2.05, 4.69) is 0 Å². The van der Waals surface area contributed by atoms with Gasteiger partial charge in [0, 0.05) is 58.4 Å². The molecule has 24 heavy (non-hydrogen) atoms. The molecular formula is C15H27N3O5S. The lowest BCUT2D eigenvalue weighted by molar-refractivity contribution is -0.135. The molecule has 0 spiro atoms. The topological polar surface area (TPSA) is 79.4 Å². The number of hydrogen-bond acceptors (Lipinski definition) is 5. The molecule has 9 heteroatoms. The molecule has 3 rings (SSSR count). The fourth-order valence-corrected chi connectivity index (χ4v) is 5.50. The maximum atomic E-state index is 12.8. The van der Waals surface area contributed by atoms with E-state index in [4.69, 9.17) is 9.47 Å². The molecule has 0 aromatic rings. The molecule has 1 atom stereocenters. The van der Waals surface area contributed by atoms with Gasteiger partial charge in [-0.2, -0.15) is 17.0 Å². The maximum absolute atomic E-state index is 12.8. The van der Waals surface area contributed by atoms with E-state index in [1.807, 2.05) is 4.90 Å². The molecular weight excluding hydrogens is 334 g/mol. The summed E-state index contributed by atoms with van der Waals surface area (Å²) in [5.41, 5.74) is 0. The molecule has 0 bridgehead atoms. The van der Waals surface area contributed by atoms with Gasteiger partial charge in [0.2, 0.25) is 5.91 Å². The number of carbonyl (C=O) groups is 1. The van der Waals surface area contributed by atoms with E-state index < -0.39 is 10.2 Å². The minimum Gasteiger partial charge on any atom is -0.381 e. The van der Waals surface area contributed by atoms with E-state index in [0.29, 0.717) is 59.0 Å². The minimum absolute atomic E-state index is 0.0255. The van der Waals surface area contributed by atoms with Crippen LogP contribution in [-0.4, -0.2) is 92.5 Å². The zero-order valence-electron chi connectivity index (χ0n) is 14.2. The first-order valence-corrected chi connectivity index (χ1v) is 10.1. The first-order chi connectivity index (χ1) is 11.5. The normalized spacial score (nSPS) is 28.1. The third kappa shape index (κ3) is 3.75. The number of hydrogen-bond donors (Lipinski definition) is 0. The van der Waals surface area contributed by atoms with Crippen LogP contribution in [0.25, 0.3) is 0 Å². The van der Waals surface area contributed by atoms with Crippen molar-refractivity contribution in [3.63, 3.8) is 0 Å². The summed E-state index contributed by atoms with van der Waals surface area (Å²) in [7, 11) is -3.46. The molecule has 3 aliphatic heterocycles. The molecule has 8 nitrogen and oxygen atoms in total. The van der Waals surface area contributed by atoms with Crippen molar-refractivity contribution in [1.29, 1.82) is 0 Å². The first kappa shape index (κ1) is 18.1. The van der Waals surface area contributed by atoms with Crippen molar-refractivity contribution >= 4 is 16.1 Å². The van der Waals surface area contributed by atoms with Gasteiger partial charge < -0.3 is 14.4 Å². The van der Waals surface area contributed by atoms with Gasteiger partial charge in [0.1, 0.15) is 0 Å². The molecule has 1 unspecified atom stereocenters. The van der Waals surface area contributed by atoms with Crippen LogP contribution in [0.1, 0.15) is 26.2 Å². The van der Waals surface area contributed by atoms with Crippen molar-refractivity contribution in [2.45, 2.75) is 38.3 Å². The van der Waals surface area contributed by atoms with Crippen molar-refractivity contribution < 1.29 is 22.7 Å². The lowest BCUT2D eigenvalue weighted by Gasteiger charge is -2.38. The van der Waals surface area contributed by atoms with Crippen molar-refractivity contribution in [1.82, 2.24) is 13.5 Å². The van der Waals surface area contributed by atoms with Gasteiger partial charge in [0.05, 0.1) is 13.2 Å². The van der Waals surface area contributed by atoms with Gasteiger partial charge >= 0.3 is 0 Å². The standard InChI is InChI=1S/C15H27N3O5S/c1-13(19)18(14-3-8-22-9-4-14)15-2-5-17(12-15)24(20,21)16-6-10-23-11-7-16/h14-15H,2-12H2,1H3. The summed E-state index contributed by atoms with van der Waals surface area (Å²) in [6.45, 7) is 5.45. The molecule has 3 heterocycles. The lowest BCUT2D eigenvalue weighted by Crippen LogP contribution is -2.51. The third-order valence-electron chi connectivity index (χ3n) is 5.09. The number of rotatable bonds is 4. The molecule has 0 N–H and O–H groups in total. The van der Waals surface area contributed by atoms with Crippen molar-refractivity contribution in [2.75, 3.05) is 52.6 Å². The highest BCUT2D eigenvalue weighted by molar-refractivity contribution is 7.86. The Kier molecular flexibility index (Phi) is 5.76. The van der Waals surface area contributed by atoms with Gasteiger partial charge in [0.25, 0.3) is 10.2 Å². The fourth-order valence-electron chi connectivity index (χ4n) is 3.86. The Hall–Kier alpha value is -0.740. The van der Waals surface area contributed by atoms with Crippen LogP contribution in [-0.2, 0) is 24.5 Å².